The van der Waals surface area contributed by atoms with Crippen molar-refractivity contribution in [3.05, 3.63) is 83.1 Å². The van der Waals surface area contributed by atoms with E-state index in [4.69, 9.17) is 0 Å². The number of aromatic nitrogens is 3. The lowest BCUT2D eigenvalue weighted by Crippen LogP contribution is -2.39. The number of likely N-dealkylation sites (tertiary alicyclic amines) is 1. The van der Waals surface area contributed by atoms with Crippen molar-refractivity contribution in [1.82, 2.24) is 25.2 Å². The van der Waals surface area contributed by atoms with E-state index in [1.54, 1.807) is 6.20 Å². The van der Waals surface area contributed by atoms with Crippen LogP contribution in [0.5, 0.6) is 0 Å². The quantitative estimate of drug-likeness (QED) is 0.334. The standard InChI is InChI=1S/C28H32N6OS/c1-19(23-10-6-7-14-29-23)31-28-32-24-13-17-36-26(24)25(33-28)27(35)30-18-21-11-15-34(16-12-21)20(2)22-8-4-3-5-9-22/h3-10,13-14,17,19-21H,11-12,15-16,18H2,1-2H3,(H,30,35)(H,31,32,33)/t19-,20?/m0/s1. The smallest absolute Gasteiger partial charge is 0.271 e. The second-order valence-corrected chi connectivity index (χ2v) is 10.3. The van der Waals surface area contributed by atoms with Crippen molar-refractivity contribution >= 4 is 33.4 Å². The van der Waals surface area contributed by atoms with Crippen LogP contribution in [0.15, 0.2) is 66.2 Å². The molecular formula is C28H32N6OS. The zero-order valence-electron chi connectivity index (χ0n) is 20.7. The van der Waals surface area contributed by atoms with E-state index in [9.17, 15) is 4.79 Å². The highest BCUT2D eigenvalue weighted by Gasteiger charge is 2.25. The third-order valence-electron chi connectivity index (χ3n) is 7.03. The number of hydrogen-bond donors (Lipinski definition) is 2. The van der Waals surface area contributed by atoms with E-state index in [0.717, 1.165) is 41.8 Å². The molecule has 8 heteroatoms. The first-order valence-electron chi connectivity index (χ1n) is 12.6. The van der Waals surface area contributed by atoms with Gasteiger partial charge in [0.15, 0.2) is 5.69 Å². The SMILES string of the molecule is CC(c1ccccc1)N1CCC(CNC(=O)c2nc(N[C@@H](C)c3ccccn3)nc3ccsc23)CC1. The number of nitrogens with one attached hydrogen (secondary N) is 2. The van der Waals surface area contributed by atoms with Crippen molar-refractivity contribution in [2.24, 2.45) is 5.92 Å². The second-order valence-electron chi connectivity index (χ2n) is 9.43. The van der Waals surface area contributed by atoms with Crippen LogP contribution in [0, 0.1) is 5.92 Å². The maximum atomic E-state index is 13.2. The molecule has 5 rings (SSSR count). The third kappa shape index (κ3) is 5.55. The molecule has 36 heavy (non-hydrogen) atoms. The molecule has 186 valence electrons. The minimum atomic E-state index is -0.140. The summed E-state index contributed by atoms with van der Waals surface area (Å²) in [4.78, 5) is 29.4. The van der Waals surface area contributed by atoms with Gasteiger partial charge in [-0.25, -0.2) is 9.97 Å². The molecule has 4 aromatic rings. The van der Waals surface area contributed by atoms with Crippen LogP contribution in [0.3, 0.4) is 0 Å². The van der Waals surface area contributed by atoms with Crippen molar-refractivity contribution in [3.63, 3.8) is 0 Å². The predicted molar refractivity (Wildman–Crippen MR) is 145 cm³/mol. The van der Waals surface area contributed by atoms with Crippen LogP contribution in [0.2, 0.25) is 0 Å². The molecule has 1 unspecified atom stereocenters. The van der Waals surface area contributed by atoms with Gasteiger partial charge in [-0.15, -0.1) is 11.3 Å². The summed E-state index contributed by atoms with van der Waals surface area (Å²) >= 11 is 1.50. The molecule has 4 heterocycles. The first-order valence-corrected chi connectivity index (χ1v) is 13.5. The molecule has 0 spiro atoms. The Bertz CT molecular complexity index is 1290. The first kappa shape index (κ1) is 24.3. The molecule has 1 amide bonds. The summed E-state index contributed by atoms with van der Waals surface area (Å²) in [6.45, 7) is 7.03. The maximum absolute atomic E-state index is 13.2. The Labute approximate surface area is 216 Å². The summed E-state index contributed by atoms with van der Waals surface area (Å²) in [5, 5.41) is 8.41. The van der Waals surface area contributed by atoms with Crippen LogP contribution in [0.4, 0.5) is 5.95 Å². The highest BCUT2D eigenvalue weighted by Crippen LogP contribution is 2.27. The number of thiophene rings is 1. The Balaban J connectivity index is 1.20. The van der Waals surface area contributed by atoms with Gasteiger partial charge >= 0.3 is 0 Å². The second kappa shape index (κ2) is 11.1. The topological polar surface area (TPSA) is 83.0 Å². The summed E-state index contributed by atoms with van der Waals surface area (Å²) in [7, 11) is 0. The molecule has 7 nitrogen and oxygen atoms in total. The van der Waals surface area contributed by atoms with Crippen molar-refractivity contribution in [3.8, 4) is 0 Å². The zero-order chi connectivity index (χ0) is 24.9. The summed E-state index contributed by atoms with van der Waals surface area (Å²) in [5.41, 5.74) is 3.46. The Hall–Kier alpha value is -3.36. The third-order valence-corrected chi connectivity index (χ3v) is 7.94. The number of carbonyl (C=O) groups is 1. The number of anilines is 1. The number of benzene rings is 1. The molecular weight excluding hydrogens is 468 g/mol. The lowest BCUT2D eigenvalue weighted by molar-refractivity contribution is 0.0924. The lowest BCUT2D eigenvalue weighted by Gasteiger charge is -2.36. The maximum Gasteiger partial charge on any atom is 0.271 e. The lowest BCUT2D eigenvalue weighted by atomic mass is 9.94. The number of fused-ring (bicyclic) bond motifs is 1. The highest BCUT2D eigenvalue weighted by atomic mass is 32.1. The Kier molecular flexibility index (Phi) is 7.53. The molecule has 0 aliphatic carbocycles. The van der Waals surface area contributed by atoms with Crippen LogP contribution in [-0.2, 0) is 0 Å². The van der Waals surface area contributed by atoms with Crippen LogP contribution in [0.1, 0.15) is 60.5 Å². The zero-order valence-corrected chi connectivity index (χ0v) is 21.5. The van der Waals surface area contributed by atoms with E-state index in [2.05, 4.69) is 67.7 Å². The van der Waals surface area contributed by atoms with E-state index in [-0.39, 0.29) is 11.9 Å². The van der Waals surface area contributed by atoms with Crippen LogP contribution in [0.25, 0.3) is 10.2 Å². The Morgan fingerprint density at radius 1 is 1.06 bits per heavy atom. The van der Waals surface area contributed by atoms with Gasteiger partial charge in [0.1, 0.15) is 0 Å². The number of nitrogens with zero attached hydrogens (tertiary/aromatic N) is 4. The van der Waals surface area contributed by atoms with E-state index in [1.165, 1.54) is 16.9 Å². The van der Waals surface area contributed by atoms with Gasteiger partial charge in [-0.2, -0.15) is 0 Å². The average Bonchev–Trinajstić information content (AvgIpc) is 3.41. The summed E-state index contributed by atoms with van der Waals surface area (Å²) < 4.78 is 0.815. The van der Waals surface area contributed by atoms with Gasteiger partial charge in [-0.1, -0.05) is 36.4 Å². The van der Waals surface area contributed by atoms with Gasteiger partial charge in [0, 0.05) is 18.8 Å². The monoisotopic (exact) mass is 500 g/mol. The van der Waals surface area contributed by atoms with E-state index in [0.29, 0.717) is 30.1 Å². The number of hydrogen-bond acceptors (Lipinski definition) is 7. The average molecular weight is 501 g/mol. The van der Waals surface area contributed by atoms with Gasteiger partial charge in [-0.05, 0) is 74.8 Å². The molecule has 1 fully saturated rings. The van der Waals surface area contributed by atoms with Crippen molar-refractivity contribution in [1.29, 1.82) is 0 Å². The molecule has 3 aromatic heterocycles. The van der Waals surface area contributed by atoms with Gasteiger partial charge in [0.05, 0.1) is 22.0 Å². The van der Waals surface area contributed by atoms with E-state index in [1.807, 2.05) is 36.6 Å². The van der Waals surface area contributed by atoms with Crippen molar-refractivity contribution in [2.45, 2.75) is 38.8 Å². The van der Waals surface area contributed by atoms with Gasteiger partial charge in [-0.3, -0.25) is 14.7 Å². The summed E-state index contributed by atoms with van der Waals surface area (Å²) in [5.74, 6) is 0.765. The minimum Gasteiger partial charge on any atom is -0.350 e. The van der Waals surface area contributed by atoms with E-state index < -0.39 is 0 Å². The van der Waals surface area contributed by atoms with Gasteiger partial charge < -0.3 is 10.6 Å². The molecule has 2 N–H and O–H groups in total. The van der Waals surface area contributed by atoms with Crippen molar-refractivity contribution in [2.75, 3.05) is 25.0 Å². The van der Waals surface area contributed by atoms with Crippen LogP contribution in [-0.4, -0.2) is 45.4 Å². The normalized spacial score (nSPS) is 16.5. The molecule has 1 saturated heterocycles. The number of piperidine rings is 1. The van der Waals surface area contributed by atoms with E-state index >= 15 is 0 Å². The Morgan fingerprint density at radius 3 is 2.58 bits per heavy atom. The fraction of sp³-hybridized carbons (Fsp3) is 0.357. The molecule has 1 aliphatic heterocycles. The fourth-order valence-electron chi connectivity index (χ4n) is 4.79. The Morgan fingerprint density at radius 2 is 1.83 bits per heavy atom. The summed E-state index contributed by atoms with van der Waals surface area (Å²) in [6.07, 6.45) is 3.91. The van der Waals surface area contributed by atoms with Crippen LogP contribution < -0.4 is 10.6 Å². The number of pyridine rings is 1. The molecule has 2 atom stereocenters. The number of amides is 1. The molecule has 1 aromatic carbocycles. The van der Waals surface area contributed by atoms with Gasteiger partial charge in [0.2, 0.25) is 5.95 Å². The minimum absolute atomic E-state index is 0.0818. The molecule has 0 bridgehead atoms. The predicted octanol–water partition coefficient (Wildman–Crippen LogP) is 5.46. The van der Waals surface area contributed by atoms with Gasteiger partial charge in [0.25, 0.3) is 5.91 Å². The molecule has 1 aliphatic rings. The van der Waals surface area contributed by atoms with Crippen molar-refractivity contribution < 1.29 is 4.79 Å². The number of rotatable bonds is 8. The molecule has 0 radical (unpaired) electrons. The van der Waals surface area contributed by atoms with Crippen LogP contribution >= 0.6 is 11.3 Å². The largest absolute Gasteiger partial charge is 0.350 e. The summed E-state index contributed by atoms with van der Waals surface area (Å²) in [6, 6.07) is 18.7. The molecule has 0 saturated carbocycles. The highest BCUT2D eigenvalue weighted by molar-refractivity contribution is 7.17. The first-order chi connectivity index (χ1) is 17.6. The fourth-order valence-corrected chi connectivity index (χ4v) is 5.61. The number of carbonyl (C=O) groups excluding carboxylic acids is 1.